The van der Waals surface area contributed by atoms with Crippen molar-refractivity contribution in [3.8, 4) is 0 Å². The summed E-state index contributed by atoms with van der Waals surface area (Å²) in [7, 11) is 1.89. The summed E-state index contributed by atoms with van der Waals surface area (Å²) in [6.07, 6.45) is 1.90. The molecule has 0 aliphatic rings. The van der Waals surface area contributed by atoms with Gasteiger partial charge in [-0.25, -0.2) is 9.97 Å². The summed E-state index contributed by atoms with van der Waals surface area (Å²) in [4.78, 5) is 9.20. The van der Waals surface area contributed by atoms with Gasteiger partial charge in [0.1, 0.15) is 17.5 Å². The molecule has 0 aliphatic carbocycles. The van der Waals surface area contributed by atoms with Crippen LogP contribution in [0.3, 0.4) is 0 Å². The molecule has 0 spiro atoms. The number of benzene rings is 1. The molecule has 0 aliphatic heterocycles. The second kappa shape index (κ2) is 6.89. The van der Waals surface area contributed by atoms with Gasteiger partial charge in [-0.2, -0.15) is 0 Å². The zero-order chi connectivity index (χ0) is 15.4. The summed E-state index contributed by atoms with van der Waals surface area (Å²) in [6, 6.07) is 6.22. The van der Waals surface area contributed by atoms with Crippen molar-refractivity contribution in [2.24, 2.45) is 0 Å². The van der Waals surface area contributed by atoms with E-state index in [1.807, 2.05) is 20.0 Å². The number of rotatable bonds is 5. The third-order valence-electron chi connectivity index (χ3n) is 3.28. The molecule has 2 rings (SSSR count). The van der Waals surface area contributed by atoms with Crippen LogP contribution in [-0.4, -0.2) is 17.0 Å². The Morgan fingerprint density at radius 1 is 1.14 bits per heavy atom. The van der Waals surface area contributed by atoms with Crippen LogP contribution in [0.5, 0.6) is 0 Å². The molecule has 112 valence electrons. The van der Waals surface area contributed by atoms with Gasteiger partial charge >= 0.3 is 0 Å². The Morgan fingerprint density at radius 3 is 2.52 bits per heavy atom. The van der Waals surface area contributed by atoms with Crippen molar-refractivity contribution >= 4 is 33.3 Å². The van der Waals surface area contributed by atoms with E-state index in [0.29, 0.717) is 0 Å². The average molecular weight is 349 g/mol. The molecule has 2 aromatic rings. The molecule has 0 saturated heterocycles. The van der Waals surface area contributed by atoms with Crippen LogP contribution < -0.4 is 10.6 Å². The number of nitrogens with one attached hydrogen (secondary N) is 2. The van der Waals surface area contributed by atoms with Crippen molar-refractivity contribution in [2.45, 2.75) is 33.6 Å². The molecule has 0 atom stereocenters. The largest absolute Gasteiger partial charge is 0.373 e. The Kier molecular flexibility index (Phi) is 5.17. The van der Waals surface area contributed by atoms with Gasteiger partial charge in [0, 0.05) is 23.5 Å². The van der Waals surface area contributed by atoms with Crippen molar-refractivity contribution in [3.05, 3.63) is 39.6 Å². The highest BCUT2D eigenvalue weighted by atomic mass is 79.9. The van der Waals surface area contributed by atoms with Gasteiger partial charge in [-0.15, -0.1) is 0 Å². The highest BCUT2D eigenvalue weighted by molar-refractivity contribution is 9.10. The number of aromatic nitrogens is 2. The fraction of sp³-hybridized carbons (Fsp3) is 0.375. The summed E-state index contributed by atoms with van der Waals surface area (Å²) in [5.41, 5.74) is 3.24. The lowest BCUT2D eigenvalue weighted by Gasteiger charge is -2.15. The molecule has 1 aromatic heterocycles. The second-order valence-corrected chi connectivity index (χ2v) is 5.92. The lowest BCUT2D eigenvalue weighted by molar-refractivity contribution is 0.835. The molecule has 5 heteroatoms. The molecule has 0 fully saturated rings. The van der Waals surface area contributed by atoms with Crippen LogP contribution in [0.15, 0.2) is 22.7 Å². The zero-order valence-corrected chi connectivity index (χ0v) is 14.5. The van der Waals surface area contributed by atoms with Gasteiger partial charge in [-0.1, -0.05) is 13.0 Å². The van der Waals surface area contributed by atoms with E-state index in [0.717, 1.165) is 46.0 Å². The molecule has 0 unspecified atom stereocenters. The summed E-state index contributed by atoms with van der Waals surface area (Å²) < 4.78 is 1.02. The molecular weight excluding hydrogens is 328 g/mol. The van der Waals surface area contributed by atoms with Gasteiger partial charge in [0.25, 0.3) is 0 Å². The normalized spacial score (nSPS) is 10.5. The topological polar surface area (TPSA) is 49.8 Å². The van der Waals surface area contributed by atoms with Crippen molar-refractivity contribution in [3.63, 3.8) is 0 Å². The van der Waals surface area contributed by atoms with Crippen LogP contribution in [0, 0.1) is 13.8 Å². The monoisotopic (exact) mass is 348 g/mol. The van der Waals surface area contributed by atoms with Crippen molar-refractivity contribution in [1.29, 1.82) is 0 Å². The lowest BCUT2D eigenvalue weighted by Crippen LogP contribution is -2.07. The molecule has 0 amide bonds. The first-order valence-corrected chi connectivity index (χ1v) is 7.93. The van der Waals surface area contributed by atoms with E-state index < -0.39 is 0 Å². The molecule has 0 saturated carbocycles. The Morgan fingerprint density at radius 2 is 1.86 bits per heavy atom. The average Bonchev–Trinajstić information content (AvgIpc) is 2.46. The number of anilines is 3. The molecule has 21 heavy (non-hydrogen) atoms. The van der Waals surface area contributed by atoms with E-state index >= 15 is 0 Å². The van der Waals surface area contributed by atoms with Crippen molar-refractivity contribution in [1.82, 2.24) is 9.97 Å². The zero-order valence-electron chi connectivity index (χ0n) is 12.9. The minimum atomic E-state index is 0.851. The van der Waals surface area contributed by atoms with Crippen LogP contribution in [0.2, 0.25) is 0 Å². The Bertz CT molecular complexity index is 640. The SMILES string of the molecule is CCCc1nc(NC)c(C)c(Nc2cc(C)ccc2Br)n1. The Balaban J connectivity index is 2.42. The number of nitrogens with zero attached hydrogens (tertiary/aromatic N) is 2. The minimum absolute atomic E-state index is 0.851. The van der Waals surface area contributed by atoms with E-state index in [4.69, 9.17) is 0 Å². The molecule has 1 heterocycles. The van der Waals surface area contributed by atoms with E-state index in [9.17, 15) is 0 Å². The minimum Gasteiger partial charge on any atom is -0.373 e. The predicted molar refractivity (Wildman–Crippen MR) is 92.5 cm³/mol. The highest BCUT2D eigenvalue weighted by Crippen LogP contribution is 2.29. The number of halogens is 1. The maximum Gasteiger partial charge on any atom is 0.139 e. The number of hydrogen-bond donors (Lipinski definition) is 2. The smallest absolute Gasteiger partial charge is 0.139 e. The third kappa shape index (κ3) is 3.73. The summed E-state index contributed by atoms with van der Waals surface area (Å²) in [6.45, 7) is 6.23. The molecule has 0 bridgehead atoms. The predicted octanol–water partition coefficient (Wildman–Crippen LogP) is 4.59. The molecular formula is C16H21BrN4. The van der Waals surface area contributed by atoms with Gasteiger partial charge in [-0.3, -0.25) is 0 Å². The Hall–Kier alpha value is -1.62. The van der Waals surface area contributed by atoms with Gasteiger partial charge in [-0.05, 0) is 53.9 Å². The Labute approximate surface area is 134 Å². The maximum absolute atomic E-state index is 4.65. The summed E-state index contributed by atoms with van der Waals surface area (Å²) in [5, 5.41) is 6.56. The molecule has 4 nitrogen and oxygen atoms in total. The molecule has 0 radical (unpaired) electrons. The van der Waals surface area contributed by atoms with Gasteiger partial charge in [0.15, 0.2) is 0 Å². The quantitative estimate of drug-likeness (QED) is 0.829. The van der Waals surface area contributed by atoms with E-state index in [-0.39, 0.29) is 0 Å². The van der Waals surface area contributed by atoms with Crippen LogP contribution in [0.25, 0.3) is 0 Å². The first-order valence-electron chi connectivity index (χ1n) is 7.13. The van der Waals surface area contributed by atoms with Gasteiger partial charge in [0.05, 0.1) is 5.69 Å². The number of hydrogen-bond acceptors (Lipinski definition) is 4. The fourth-order valence-electron chi connectivity index (χ4n) is 2.13. The van der Waals surface area contributed by atoms with Crippen LogP contribution >= 0.6 is 15.9 Å². The van der Waals surface area contributed by atoms with E-state index in [1.165, 1.54) is 5.56 Å². The highest BCUT2D eigenvalue weighted by Gasteiger charge is 2.11. The van der Waals surface area contributed by atoms with Gasteiger partial charge < -0.3 is 10.6 Å². The van der Waals surface area contributed by atoms with Crippen LogP contribution in [0.1, 0.15) is 30.3 Å². The van der Waals surface area contributed by atoms with Crippen molar-refractivity contribution in [2.75, 3.05) is 17.7 Å². The maximum atomic E-state index is 4.65. The van der Waals surface area contributed by atoms with Crippen LogP contribution in [0.4, 0.5) is 17.3 Å². The van der Waals surface area contributed by atoms with E-state index in [2.05, 4.69) is 62.5 Å². The van der Waals surface area contributed by atoms with Crippen LogP contribution in [-0.2, 0) is 6.42 Å². The van der Waals surface area contributed by atoms with E-state index in [1.54, 1.807) is 0 Å². The second-order valence-electron chi connectivity index (χ2n) is 5.07. The lowest BCUT2D eigenvalue weighted by atomic mass is 10.2. The number of aryl methyl sites for hydroxylation is 2. The third-order valence-corrected chi connectivity index (χ3v) is 3.97. The molecule has 1 aromatic carbocycles. The first-order chi connectivity index (χ1) is 10.0. The van der Waals surface area contributed by atoms with Crippen molar-refractivity contribution < 1.29 is 0 Å². The van der Waals surface area contributed by atoms with Gasteiger partial charge in [0.2, 0.25) is 0 Å². The fourth-order valence-corrected chi connectivity index (χ4v) is 2.47. The standard InChI is InChI=1S/C16H21BrN4/c1-5-6-14-20-15(18-4)11(3)16(21-14)19-13-9-10(2)7-8-12(13)17/h7-9H,5-6H2,1-4H3,(H2,18,19,20,21). The molecule has 2 N–H and O–H groups in total. The summed E-state index contributed by atoms with van der Waals surface area (Å²) in [5.74, 6) is 2.59. The first kappa shape index (κ1) is 15.8. The summed E-state index contributed by atoms with van der Waals surface area (Å²) >= 11 is 3.58.